The van der Waals surface area contributed by atoms with Gasteiger partial charge in [0.1, 0.15) is 0 Å². The molecule has 88 valence electrons. The maximum Gasteiger partial charge on any atom is 0.0477 e. The Hall–Kier alpha value is -0.860. The van der Waals surface area contributed by atoms with E-state index in [4.69, 9.17) is 5.73 Å². The summed E-state index contributed by atoms with van der Waals surface area (Å²) in [6.07, 6.45) is 3.90. The molecule has 2 nitrogen and oxygen atoms in total. The van der Waals surface area contributed by atoms with E-state index in [0.717, 1.165) is 13.1 Å². The molecule has 0 saturated carbocycles. The van der Waals surface area contributed by atoms with Gasteiger partial charge >= 0.3 is 0 Å². The van der Waals surface area contributed by atoms with Gasteiger partial charge in [-0.1, -0.05) is 44.0 Å². The first-order valence-corrected chi connectivity index (χ1v) is 6.38. The molecular formula is C14H22N2. The summed E-state index contributed by atoms with van der Waals surface area (Å²) in [5.74, 6) is 0. The first kappa shape index (κ1) is 11.6. The minimum atomic E-state index is 0.452. The summed E-state index contributed by atoms with van der Waals surface area (Å²) < 4.78 is 0. The van der Waals surface area contributed by atoms with Gasteiger partial charge in [-0.25, -0.2) is 0 Å². The molecule has 1 aromatic rings. The fraction of sp³-hybridized carbons (Fsp3) is 0.571. The highest BCUT2D eigenvalue weighted by Crippen LogP contribution is 2.32. The van der Waals surface area contributed by atoms with Crippen LogP contribution in [-0.4, -0.2) is 18.0 Å². The second-order valence-corrected chi connectivity index (χ2v) is 4.63. The van der Waals surface area contributed by atoms with Crippen molar-refractivity contribution in [1.29, 1.82) is 0 Å². The molecule has 0 aromatic heterocycles. The van der Waals surface area contributed by atoms with E-state index in [1.165, 1.54) is 36.9 Å². The van der Waals surface area contributed by atoms with Crippen molar-refractivity contribution in [2.45, 2.75) is 38.8 Å². The highest BCUT2D eigenvalue weighted by Gasteiger charge is 2.27. The van der Waals surface area contributed by atoms with Crippen molar-refractivity contribution < 1.29 is 0 Å². The van der Waals surface area contributed by atoms with Crippen LogP contribution in [0.15, 0.2) is 24.3 Å². The van der Waals surface area contributed by atoms with Gasteiger partial charge in [0, 0.05) is 19.1 Å². The molecule has 1 unspecified atom stereocenters. The van der Waals surface area contributed by atoms with Crippen LogP contribution in [0, 0.1) is 0 Å². The molecule has 16 heavy (non-hydrogen) atoms. The standard InChI is InChI=1S/C14H22N2/c1-2-3-6-9-16-11-12-7-4-5-8-13(12)14(16)10-15/h4-5,7-8,14H,2-3,6,9-11,15H2,1H3. The van der Waals surface area contributed by atoms with Crippen LogP contribution in [0.3, 0.4) is 0 Å². The molecule has 0 saturated heterocycles. The summed E-state index contributed by atoms with van der Waals surface area (Å²) in [6.45, 7) is 5.26. The summed E-state index contributed by atoms with van der Waals surface area (Å²) in [6, 6.07) is 9.16. The van der Waals surface area contributed by atoms with E-state index in [2.05, 4.69) is 36.1 Å². The minimum Gasteiger partial charge on any atom is -0.329 e. The molecule has 2 N–H and O–H groups in total. The molecule has 1 aliphatic rings. The van der Waals surface area contributed by atoms with E-state index in [1.54, 1.807) is 0 Å². The van der Waals surface area contributed by atoms with Crippen LogP contribution in [-0.2, 0) is 6.54 Å². The quantitative estimate of drug-likeness (QED) is 0.770. The van der Waals surface area contributed by atoms with Gasteiger partial charge in [-0.2, -0.15) is 0 Å². The Kier molecular flexibility index (Phi) is 3.97. The molecule has 1 aliphatic heterocycles. The highest BCUT2D eigenvalue weighted by molar-refractivity contribution is 5.34. The average molecular weight is 218 g/mol. The third-order valence-corrected chi connectivity index (χ3v) is 3.50. The number of nitrogens with two attached hydrogens (primary N) is 1. The smallest absolute Gasteiger partial charge is 0.0477 e. The zero-order valence-electron chi connectivity index (χ0n) is 10.2. The number of nitrogens with zero attached hydrogens (tertiary/aromatic N) is 1. The first-order chi connectivity index (χ1) is 7.86. The number of unbranched alkanes of at least 4 members (excludes halogenated alkanes) is 2. The molecule has 1 heterocycles. The van der Waals surface area contributed by atoms with E-state index in [1.807, 2.05) is 0 Å². The van der Waals surface area contributed by atoms with E-state index in [-0.39, 0.29) is 0 Å². The molecule has 0 amide bonds. The van der Waals surface area contributed by atoms with Gasteiger partial charge in [0.15, 0.2) is 0 Å². The molecule has 1 aromatic carbocycles. The van der Waals surface area contributed by atoms with E-state index in [0.29, 0.717) is 6.04 Å². The maximum atomic E-state index is 5.90. The zero-order valence-corrected chi connectivity index (χ0v) is 10.2. The predicted molar refractivity (Wildman–Crippen MR) is 68.2 cm³/mol. The molecule has 1 atom stereocenters. The van der Waals surface area contributed by atoms with Crippen LogP contribution in [0.5, 0.6) is 0 Å². The van der Waals surface area contributed by atoms with Crippen LogP contribution in [0.4, 0.5) is 0 Å². The second-order valence-electron chi connectivity index (χ2n) is 4.63. The Balaban J connectivity index is 2.03. The number of fused-ring (bicyclic) bond motifs is 1. The van der Waals surface area contributed by atoms with Gasteiger partial charge in [-0.15, -0.1) is 0 Å². The highest BCUT2D eigenvalue weighted by atomic mass is 15.2. The van der Waals surface area contributed by atoms with Crippen molar-refractivity contribution >= 4 is 0 Å². The van der Waals surface area contributed by atoms with Crippen LogP contribution >= 0.6 is 0 Å². The van der Waals surface area contributed by atoms with Crippen molar-refractivity contribution in [3.63, 3.8) is 0 Å². The van der Waals surface area contributed by atoms with Crippen molar-refractivity contribution in [3.8, 4) is 0 Å². The van der Waals surface area contributed by atoms with Gasteiger partial charge in [0.05, 0.1) is 0 Å². The lowest BCUT2D eigenvalue weighted by atomic mass is 10.1. The zero-order chi connectivity index (χ0) is 11.4. The monoisotopic (exact) mass is 218 g/mol. The van der Waals surface area contributed by atoms with Crippen LogP contribution in [0.25, 0.3) is 0 Å². The lowest BCUT2D eigenvalue weighted by Crippen LogP contribution is -2.28. The second kappa shape index (κ2) is 5.46. The molecule has 0 radical (unpaired) electrons. The molecule has 0 bridgehead atoms. The van der Waals surface area contributed by atoms with E-state index >= 15 is 0 Å². The number of hydrogen-bond donors (Lipinski definition) is 1. The molecule has 2 heteroatoms. The molecule has 0 aliphatic carbocycles. The van der Waals surface area contributed by atoms with Gasteiger partial charge in [0.2, 0.25) is 0 Å². The van der Waals surface area contributed by atoms with Gasteiger partial charge < -0.3 is 5.73 Å². The SMILES string of the molecule is CCCCCN1Cc2ccccc2C1CN. The fourth-order valence-electron chi connectivity index (χ4n) is 2.60. The Labute approximate surface area is 98.4 Å². The summed E-state index contributed by atoms with van der Waals surface area (Å²) >= 11 is 0. The summed E-state index contributed by atoms with van der Waals surface area (Å²) in [5.41, 5.74) is 8.81. The summed E-state index contributed by atoms with van der Waals surface area (Å²) in [4.78, 5) is 2.53. The third-order valence-electron chi connectivity index (χ3n) is 3.50. The van der Waals surface area contributed by atoms with Crippen LogP contribution in [0.2, 0.25) is 0 Å². The van der Waals surface area contributed by atoms with Gasteiger partial charge in [-0.3, -0.25) is 4.90 Å². The Morgan fingerprint density at radius 1 is 1.31 bits per heavy atom. The average Bonchev–Trinajstić information content (AvgIpc) is 2.67. The van der Waals surface area contributed by atoms with Crippen molar-refractivity contribution in [2.75, 3.05) is 13.1 Å². The summed E-state index contributed by atoms with van der Waals surface area (Å²) in [5, 5.41) is 0. The Morgan fingerprint density at radius 3 is 2.88 bits per heavy atom. The Bertz CT molecular complexity index is 335. The lowest BCUT2D eigenvalue weighted by Gasteiger charge is -2.23. The number of hydrogen-bond acceptors (Lipinski definition) is 2. The number of rotatable bonds is 5. The normalized spacial score (nSPS) is 20.0. The molecule has 0 fully saturated rings. The van der Waals surface area contributed by atoms with Gasteiger partial charge in [0.25, 0.3) is 0 Å². The fourth-order valence-corrected chi connectivity index (χ4v) is 2.60. The lowest BCUT2D eigenvalue weighted by molar-refractivity contribution is 0.215. The Morgan fingerprint density at radius 2 is 2.12 bits per heavy atom. The van der Waals surface area contributed by atoms with E-state index in [9.17, 15) is 0 Å². The van der Waals surface area contributed by atoms with Gasteiger partial charge in [-0.05, 0) is 24.1 Å². The topological polar surface area (TPSA) is 29.3 Å². The van der Waals surface area contributed by atoms with E-state index < -0.39 is 0 Å². The first-order valence-electron chi connectivity index (χ1n) is 6.38. The largest absolute Gasteiger partial charge is 0.329 e. The molecular weight excluding hydrogens is 196 g/mol. The van der Waals surface area contributed by atoms with Crippen molar-refractivity contribution in [3.05, 3.63) is 35.4 Å². The maximum absolute atomic E-state index is 5.90. The summed E-state index contributed by atoms with van der Waals surface area (Å²) in [7, 11) is 0. The van der Waals surface area contributed by atoms with Crippen molar-refractivity contribution in [1.82, 2.24) is 4.90 Å². The molecule has 0 spiro atoms. The molecule has 2 rings (SSSR count). The van der Waals surface area contributed by atoms with Crippen LogP contribution in [0.1, 0.15) is 43.4 Å². The number of benzene rings is 1. The third kappa shape index (κ3) is 2.28. The van der Waals surface area contributed by atoms with Crippen LogP contribution < -0.4 is 5.73 Å². The predicted octanol–water partition coefficient (Wildman–Crippen LogP) is 2.69. The minimum absolute atomic E-state index is 0.452. The van der Waals surface area contributed by atoms with Crippen molar-refractivity contribution in [2.24, 2.45) is 5.73 Å².